The predicted octanol–water partition coefficient (Wildman–Crippen LogP) is 3.74. The summed E-state index contributed by atoms with van der Waals surface area (Å²) in [5.41, 5.74) is 1.53. The van der Waals surface area contributed by atoms with Crippen LogP contribution in [0.5, 0.6) is 5.75 Å². The van der Waals surface area contributed by atoms with E-state index in [-0.39, 0.29) is 11.6 Å². The maximum atomic E-state index is 13.5. The lowest BCUT2D eigenvalue weighted by molar-refractivity contribution is 0.121. The summed E-state index contributed by atoms with van der Waals surface area (Å²) >= 11 is 3.37. The summed E-state index contributed by atoms with van der Waals surface area (Å²) in [5, 5.41) is 0.848. The van der Waals surface area contributed by atoms with Crippen LogP contribution in [0, 0.1) is 0 Å². The van der Waals surface area contributed by atoms with E-state index in [1.165, 1.54) is 3.97 Å². The minimum atomic E-state index is -3.79. The molecule has 9 heteroatoms. The van der Waals surface area contributed by atoms with Crippen molar-refractivity contribution >= 4 is 36.9 Å². The third-order valence-corrected chi connectivity index (χ3v) is 8.38. The maximum Gasteiger partial charge on any atom is 0.269 e. The second-order valence-corrected chi connectivity index (χ2v) is 10.2. The van der Waals surface area contributed by atoms with Gasteiger partial charge in [0.1, 0.15) is 17.3 Å². The van der Waals surface area contributed by atoms with Gasteiger partial charge in [0.05, 0.1) is 12.6 Å². The first-order valence-corrected chi connectivity index (χ1v) is 12.4. The fraction of sp³-hybridized carbons (Fsp3) is 0.364. The number of hydrogen-bond donors (Lipinski definition) is 0. The number of fused-ring (bicyclic) bond motifs is 1. The van der Waals surface area contributed by atoms with E-state index in [0.717, 1.165) is 37.1 Å². The molecule has 1 fully saturated rings. The van der Waals surface area contributed by atoms with Crippen molar-refractivity contribution in [3.63, 3.8) is 0 Å². The summed E-state index contributed by atoms with van der Waals surface area (Å²) in [4.78, 5) is 4.60. The van der Waals surface area contributed by atoms with Gasteiger partial charge in [-0.3, -0.25) is 9.80 Å². The monoisotopic (exact) mass is 509 g/mol. The number of hydrogen-bond acceptors (Lipinski definition) is 5. The third-order valence-electron chi connectivity index (χ3n) is 5.69. The Hall–Kier alpha value is -1.94. The second-order valence-electron chi connectivity index (χ2n) is 7.58. The minimum absolute atomic E-state index is 0.217. The molecule has 0 amide bonds. The van der Waals surface area contributed by atoms with Gasteiger partial charge in [-0.1, -0.05) is 12.1 Å². The van der Waals surface area contributed by atoms with E-state index >= 15 is 0 Å². The summed E-state index contributed by atoms with van der Waals surface area (Å²) in [6.07, 6.45) is 1.72. The molecule has 0 aliphatic carbocycles. The Labute approximate surface area is 190 Å². The average molecular weight is 510 g/mol. The van der Waals surface area contributed by atoms with Crippen LogP contribution in [0.2, 0.25) is 0 Å². The van der Waals surface area contributed by atoms with Gasteiger partial charge in [0, 0.05) is 55.3 Å². The Balaban J connectivity index is 1.72. The molecule has 0 N–H and O–H groups in total. The third kappa shape index (κ3) is 4.50. The highest BCUT2D eigenvalue weighted by Crippen LogP contribution is 2.32. The average Bonchev–Trinajstić information content (AvgIpc) is 3.14. The number of rotatable bonds is 7. The lowest BCUT2D eigenvalue weighted by atomic mass is 10.1. The first-order chi connectivity index (χ1) is 14.9. The van der Waals surface area contributed by atoms with Crippen molar-refractivity contribution in [3.05, 3.63) is 58.7 Å². The molecule has 3 aromatic rings. The highest BCUT2D eigenvalue weighted by Gasteiger charge is 2.25. The zero-order valence-electron chi connectivity index (χ0n) is 17.3. The van der Waals surface area contributed by atoms with Gasteiger partial charge in [-0.05, 0) is 51.8 Å². The number of halogens is 2. The Morgan fingerprint density at radius 3 is 2.45 bits per heavy atom. The number of benzene rings is 2. The van der Waals surface area contributed by atoms with E-state index < -0.39 is 10.0 Å². The zero-order chi connectivity index (χ0) is 22.0. The standard InChI is InChI=1S/C22H25BrFN3O3S/c1-30-18-6-7-21-19(14-18)17(15-26-12-10-25(9-8-24)11-13-26)16-27(21)31(28,29)22-5-3-2-4-20(22)23/h2-7,14,16H,8-13,15H2,1H3. The zero-order valence-corrected chi connectivity index (χ0v) is 19.7. The highest BCUT2D eigenvalue weighted by atomic mass is 79.9. The van der Waals surface area contributed by atoms with Gasteiger partial charge in [0.25, 0.3) is 10.0 Å². The largest absolute Gasteiger partial charge is 0.497 e. The summed E-state index contributed by atoms with van der Waals surface area (Å²) < 4.78 is 46.9. The van der Waals surface area contributed by atoms with E-state index in [9.17, 15) is 12.8 Å². The molecule has 166 valence electrons. The summed E-state index contributed by atoms with van der Waals surface area (Å²) in [7, 11) is -2.19. The van der Waals surface area contributed by atoms with Crippen molar-refractivity contribution in [1.82, 2.24) is 13.8 Å². The van der Waals surface area contributed by atoms with E-state index in [1.807, 2.05) is 6.07 Å². The van der Waals surface area contributed by atoms with Crippen molar-refractivity contribution in [2.45, 2.75) is 11.4 Å². The van der Waals surface area contributed by atoms with E-state index in [0.29, 0.717) is 28.8 Å². The Kier molecular flexibility index (Phi) is 6.66. The first-order valence-electron chi connectivity index (χ1n) is 10.1. The molecular weight excluding hydrogens is 485 g/mol. The molecule has 31 heavy (non-hydrogen) atoms. The molecule has 4 rings (SSSR count). The molecule has 0 radical (unpaired) electrons. The van der Waals surface area contributed by atoms with Gasteiger partial charge in [0.15, 0.2) is 0 Å². The summed E-state index contributed by atoms with van der Waals surface area (Å²) in [6, 6.07) is 12.3. The number of piperazine rings is 1. The number of aromatic nitrogens is 1. The second kappa shape index (κ2) is 9.28. The Morgan fingerprint density at radius 1 is 1.06 bits per heavy atom. The van der Waals surface area contributed by atoms with Crippen LogP contribution < -0.4 is 4.74 Å². The van der Waals surface area contributed by atoms with E-state index in [1.54, 1.807) is 49.7 Å². The molecule has 1 aliphatic rings. The molecule has 0 unspecified atom stereocenters. The fourth-order valence-electron chi connectivity index (χ4n) is 3.99. The molecule has 2 heterocycles. The molecule has 0 spiro atoms. The van der Waals surface area contributed by atoms with Crippen LogP contribution in [-0.4, -0.2) is 68.7 Å². The fourth-order valence-corrected chi connectivity index (χ4v) is 6.35. The maximum absolute atomic E-state index is 13.5. The first kappa shape index (κ1) is 22.3. The van der Waals surface area contributed by atoms with Crippen LogP contribution in [0.1, 0.15) is 5.56 Å². The van der Waals surface area contributed by atoms with E-state index in [4.69, 9.17) is 4.74 Å². The molecule has 0 bridgehead atoms. The van der Waals surface area contributed by atoms with Crippen LogP contribution in [0.3, 0.4) is 0 Å². The number of ether oxygens (including phenoxy) is 1. The lowest BCUT2D eigenvalue weighted by Gasteiger charge is -2.34. The Morgan fingerprint density at radius 2 is 1.77 bits per heavy atom. The normalized spacial score (nSPS) is 16.1. The molecule has 1 saturated heterocycles. The van der Waals surface area contributed by atoms with Gasteiger partial charge >= 0.3 is 0 Å². The van der Waals surface area contributed by atoms with Crippen LogP contribution in [0.25, 0.3) is 10.9 Å². The molecule has 6 nitrogen and oxygen atoms in total. The number of alkyl halides is 1. The summed E-state index contributed by atoms with van der Waals surface area (Å²) in [6.45, 7) is 3.99. The number of nitrogens with zero attached hydrogens (tertiary/aromatic N) is 3. The van der Waals surface area contributed by atoms with Crippen LogP contribution in [0.4, 0.5) is 4.39 Å². The van der Waals surface area contributed by atoms with Crippen molar-refractivity contribution in [2.75, 3.05) is 46.5 Å². The highest BCUT2D eigenvalue weighted by molar-refractivity contribution is 9.10. The van der Waals surface area contributed by atoms with Crippen LogP contribution in [-0.2, 0) is 16.6 Å². The number of methoxy groups -OCH3 is 1. The van der Waals surface area contributed by atoms with Crippen molar-refractivity contribution in [1.29, 1.82) is 0 Å². The quantitative estimate of drug-likeness (QED) is 0.485. The molecule has 1 aromatic heterocycles. The smallest absolute Gasteiger partial charge is 0.269 e. The minimum Gasteiger partial charge on any atom is -0.497 e. The van der Waals surface area contributed by atoms with Gasteiger partial charge in [0.2, 0.25) is 0 Å². The predicted molar refractivity (Wildman–Crippen MR) is 123 cm³/mol. The van der Waals surface area contributed by atoms with Crippen molar-refractivity contribution < 1.29 is 17.5 Å². The summed E-state index contributed by atoms with van der Waals surface area (Å²) in [5.74, 6) is 0.678. The van der Waals surface area contributed by atoms with E-state index in [2.05, 4.69) is 25.7 Å². The SMILES string of the molecule is COc1ccc2c(c1)c(CN1CCN(CCF)CC1)cn2S(=O)(=O)c1ccccc1Br. The molecule has 0 atom stereocenters. The van der Waals surface area contributed by atoms with Crippen LogP contribution in [0.15, 0.2) is 58.0 Å². The van der Waals surface area contributed by atoms with Crippen molar-refractivity contribution in [2.24, 2.45) is 0 Å². The Bertz CT molecular complexity index is 1170. The molecule has 0 saturated carbocycles. The van der Waals surface area contributed by atoms with Crippen LogP contribution >= 0.6 is 15.9 Å². The van der Waals surface area contributed by atoms with Crippen molar-refractivity contribution in [3.8, 4) is 5.75 Å². The topological polar surface area (TPSA) is 54.8 Å². The molecule has 1 aliphatic heterocycles. The van der Waals surface area contributed by atoms with Gasteiger partial charge < -0.3 is 4.74 Å². The molecule has 2 aromatic carbocycles. The van der Waals surface area contributed by atoms with Gasteiger partial charge in [-0.15, -0.1) is 0 Å². The lowest BCUT2D eigenvalue weighted by Crippen LogP contribution is -2.46. The van der Waals surface area contributed by atoms with Gasteiger partial charge in [-0.2, -0.15) is 0 Å². The molecular formula is C22H25BrFN3O3S. The van der Waals surface area contributed by atoms with Gasteiger partial charge in [-0.25, -0.2) is 16.8 Å².